The fourth-order valence-electron chi connectivity index (χ4n) is 4.56. The van der Waals surface area contributed by atoms with Crippen LogP contribution in [0.4, 0.5) is 10.1 Å². The Bertz CT molecular complexity index is 1360. The second kappa shape index (κ2) is 9.76. The molecule has 180 valence electrons. The zero-order valence-corrected chi connectivity index (χ0v) is 19.3. The number of anilines is 1. The van der Waals surface area contributed by atoms with Crippen molar-refractivity contribution in [2.45, 2.75) is 25.0 Å². The summed E-state index contributed by atoms with van der Waals surface area (Å²) in [6, 6.07) is 21.0. The number of amides is 1. The van der Waals surface area contributed by atoms with E-state index in [2.05, 4.69) is 0 Å². The molecule has 7 nitrogen and oxygen atoms in total. The SMILES string of the molecule is COc1ccccc1OCC(O)Cn1c(C2CC(=O)N(c3cccc(F)c3)C2)nc2ccccc21. The molecule has 1 aliphatic heterocycles. The summed E-state index contributed by atoms with van der Waals surface area (Å²) in [6.07, 6.45) is -0.569. The monoisotopic (exact) mass is 475 g/mol. The molecule has 3 aromatic carbocycles. The van der Waals surface area contributed by atoms with Gasteiger partial charge in [0.05, 0.1) is 24.7 Å². The first kappa shape index (κ1) is 22.9. The van der Waals surface area contributed by atoms with Crippen molar-refractivity contribution in [1.82, 2.24) is 9.55 Å². The highest BCUT2D eigenvalue weighted by atomic mass is 19.1. The van der Waals surface area contributed by atoms with Crippen LogP contribution >= 0.6 is 0 Å². The number of para-hydroxylation sites is 4. The summed E-state index contributed by atoms with van der Waals surface area (Å²) in [4.78, 5) is 19.2. The molecule has 2 heterocycles. The summed E-state index contributed by atoms with van der Waals surface area (Å²) in [7, 11) is 1.57. The second-order valence-corrected chi connectivity index (χ2v) is 8.57. The molecular formula is C27H26FN3O4. The lowest BCUT2D eigenvalue weighted by atomic mass is 10.1. The molecule has 0 aliphatic carbocycles. The second-order valence-electron chi connectivity index (χ2n) is 8.57. The van der Waals surface area contributed by atoms with Crippen LogP contribution in [0.25, 0.3) is 11.0 Å². The molecule has 4 aromatic rings. The highest BCUT2D eigenvalue weighted by Gasteiger charge is 2.35. The number of carbonyl (C=O) groups excluding carboxylic acids is 1. The number of halogens is 1. The van der Waals surface area contributed by atoms with Crippen molar-refractivity contribution < 1.29 is 23.8 Å². The van der Waals surface area contributed by atoms with Gasteiger partial charge < -0.3 is 24.0 Å². The number of hydrogen-bond acceptors (Lipinski definition) is 5. The Balaban J connectivity index is 1.38. The number of carbonyl (C=O) groups is 1. The summed E-state index contributed by atoms with van der Waals surface area (Å²) in [5, 5.41) is 10.9. The van der Waals surface area contributed by atoms with Crippen molar-refractivity contribution in [3.8, 4) is 11.5 Å². The van der Waals surface area contributed by atoms with Gasteiger partial charge >= 0.3 is 0 Å². The normalized spacial score (nSPS) is 16.6. The standard InChI is InChI=1S/C27H26FN3O4/c1-34-24-11-4-5-12-25(24)35-17-21(32)16-31-23-10-3-2-9-22(23)29-27(31)18-13-26(33)30(15-18)20-8-6-7-19(28)14-20/h2-12,14,18,21,32H,13,15-17H2,1H3. The van der Waals surface area contributed by atoms with Gasteiger partial charge in [0.1, 0.15) is 24.4 Å². The molecule has 5 rings (SSSR count). The topological polar surface area (TPSA) is 76.8 Å². The maximum absolute atomic E-state index is 13.8. The van der Waals surface area contributed by atoms with E-state index < -0.39 is 6.10 Å². The minimum atomic E-state index is -0.826. The molecule has 0 spiro atoms. The van der Waals surface area contributed by atoms with Crippen LogP contribution in [-0.2, 0) is 11.3 Å². The molecule has 1 N–H and O–H groups in total. The van der Waals surface area contributed by atoms with Crippen molar-refractivity contribution in [2.24, 2.45) is 0 Å². The Morgan fingerprint density at radius 2 is 1.86 bits per heavy atom. The zero-order chi connectivity index (χ0) is 24.4. The molecule has 8 heteroatoms. The van der Waals surface area contributed by atoms with Crippen molar-refractivity contribution in [3.63, 3.8) is 0 Å². The van der Waals surface area contributed by atoms with Crippen LogP contribution in [0.1, 0.15) is 18.2 Å². The molecule has 1 aromatic heterocycles. The molecule has 1 aliphatic rings. The summed E-state index contributed by atoms with van der Waals surface area (Å²) < 4.78 is 26.8. The smallest absolute Gasteiger partial charge is 0.227 e. The van der Waals surface area contributed by atoms with Crippen molar-refractivity contribution in [2.75, 3.05) is 25.2 Å². The number of benzene rings is 3. The van der Waals surface area contributed by atoms with E-state index in [0.717, 1.165) is 16.9 Å². The fraction of sp³-hybridized carbons (Fsp3) is 0.259. The lowest BCUT2D eigenvalue weighted by Crippen LogP contribution is -2.26. The Morgan fingerprint density at radius 3 is 2.66 bits per heavy atom. The number of ether oxygens (including phenoxy) is 2. The molecule has 0 radical (unpaired) electrons. The highest BCUT2D eigenvalue weighted by molar-refractivity contribution is 5.96. The lowest BCUT2D eigenvalue weighted by molar-refractivity contribution is -0.117. The minimum Gasteiger partial charge on any atom is -0.493 e. The van der Waals surface area contributed by atoms with Crippen molar-refractivity contribution >= 4 is 22.6 Å². The average Bonchev–Trinajstić information content (AvgIpc) is 3.43. The van der Waals surface area contributed by atoms with Crippen molar-refractivity contribution in [1.29, 1.82) is 0 Å². The van der Waals surface area contributed by atoms with Gasteiger partial charge in [0.2, 0.25) is 5.91 Å². The van der Waals surface area contributed by atoms with Crippen LogP contribution in [0, 0.1) is 5.82 Å². The third kappa shape index (κ3) is 4.70. The number of rotatable bonds is 8. The summed E-state index contributed by atoms with van der Waals surface area (Å²) in [6.45, 7) is 0.695. The predicted octanol–water partition coefficient (Wildman–Crippen LogP) is 4.14. The minimum absolute atomic E-state index is 0.0608. The van der Waals surface area contributed by atoms with Gasteiger partial charge in [-0.3, -0.25) is 4.79 Å². The number of methoxy groups -OCH3 is 1. The van der Waals surface area contributed by atoms with Crippen LogP contribution in [-0.4, -0.2) is 46.9 Å². The van der Waals surface area contributed by atoms with Gasteiger partial charge in [-0.1, -0.05) is 30.3 Å². The van der Waals surface area contributed by atoms with Gasteiger partial charge in [-0.05, 0) is 42.5 Å². The number of imidazole rings is 1. The highest BCUT2D eigenvalue weighted by Crippen LogP contribution is 2.33. The zero-order valence-electron chi connectivity index (χ0n) is 19.3. The molecule has 1 amide bonds. The molecule has 2 unspecified atom stereocenters. The Kier molecular flexibility index (Phi) is 6.37. The van der Waals surface area contributed by atoms with Crippen LogP contribution in [0.3, 0.4) is 0 Å². The molecule has 2 atom stereocenters. The predicted molar refractivity (Wildman–Crippen MR) is 130 cm³/mol. The first-order chi connectivity index (χ1) is 17.0. The molecular weight excluding hydrogens is 449 g/mol. The maximum Gasteiger partial charge on any atom is 0.227 e. The Morgan fingerprint density at radius 1 is 1.09 bits per heavy atom. The molecule has 1 saturated heterocycles. The van der Waals surface area contributed by atoms with E-state index in [-0.39, 0.29) is 37.2 Å². The third-order valence-corrected chi connectivity index (χ3v) is 6.19. The Labute approximate surface area is 202 Å². The van der Waals surface area contributed by atoms with Gasteiger partial charge in [-0.25, -0.2) is 9.37 Å². The fourth-order valence-corrected chi connectivity index (χ4v) is 4.56. The van der Waals surface area contributed by atoms with E-state index in [0.29, 0.717) is 23.7 Å². The number of aromatic nitrogens is 2. The van der Waals surface area contributed by atoms with Crippen LogP contribution in [0.2, 0.25) is 0 Å². The molecule has 1 fully saturated rings. The number of hydrogen-bond donors (Lipinski definition) is 1. The summed E-state index contributed by atoms with van der Waals surface area (Å²) in [5.41, 5.74) is 2.19. The van der Waals surface area contributed by atoms with Gasteiger partial charge in [0, 0.05) is 24.6 Å². The quantitative estimate of drug-likeness (QED) is 0.415. The lowest BCUT2D eigenvalue weighted by Gasteiger charge is -2.19. The first-order valence-electron chi connectivity index (χ1n) is 11.5. The summed E-state index contributed by atoms with van der Waals surface area (Å²) in [5.74, 6) is 1.20. The van der Waals surface area contributed by atoms with E-state index >= 15 is 0 Å². The van der Waals surface area contributed by atoms with Crippen LogP contribution < -0.4 is 14.4 Å². The van der Waals surface area contributed by atoms with Crippen LogP contribution in [0.5, 0.6) is 11.5 Å². The van der Waals surface area contributed by atoms with Gasteiger partial charge in [0.25, 0.3) is 0 Å². The van der Waals surface area contributed by atoms with Crippen LogP contribution in [0.15, 0.2) is 72.8 Å². The molecule has 0 saturated carbocycles. The maximum atomic E-state index is 13.8. The number of fused-ring (bicyclic) bond motifs is 1. The first-order valence-corrected chi connectivity index (χ1v) is 11.5. The van der Waals surface area contributed by atoms with Gasteiger partial charge in [0.15, 0.2) is 11.5 Å². The molecule has 0 bridgehead atoms. The third-order valence-electron chi connectivity index (χ3n) is 6.19. The van der Waals surface area contributed by atoms with Gasteiger partial charge in [-0.15, -0.1) is 0 Å². The van der Waals surface area contributed by atoms with Gasteiger partial charge in [-0.2, -0.15) is 0 Å². The molecule has 35 heavy (non-hydrogen) atoms. The Hall–Kier alpha value is -3.91. The van der Waals surface area contributed by atoms with E-state index in [1.165, 1.54) is 12.1 Å². The van der Waals surface area contributed by atoms with E-state index in [1.807, 2.05) is 41.0 Å². The number of aliphatic hydroxyl groups excluding tert-OH is 1. The average molecular weight is 476 g/mol. The van der Waals surface area contributed by atoms with E-state index in [1.54, 1.807) is 36.3 Å². The van der Waals surface area contributed by atoms with E-state index in [4.69, 9.17) is 14.5 Å². The van der Waals surface area contributed by atoms with Crippen molar-refractivity contribution in [3.05, 3.63) is 84.4 Å². The van der Waals surface area contributed by atoms with E-state index in [9.17, 15) is 14.3 Å². The summed E-state index contributed by atoms with van der Waals surface area (Å²) >= 11 is 0. The largest absolute Gasteiger partial charge is 0.493 e. The number of aliphatic hydroxyl groups is 1. The number of nitrogens with zero attached hydrogens (tertiary/aromatic N) is 3.